The number of aromatic nitrogens is 2. The summed E-state index contributed by atoms with van der Waals surface area (Å²) in [7, 11) is 0. The first-order valence-electron chi connectivity index (χ1n) is 8.30. The molecule has 7 nitrogen and oxygen atoms in total. The molecular weight excluding hydrogens is 366 g/mol. The van der Waals surface area contributed by atoms with Crippen LogP contribution in [0.3, 0.4) is 0 Å². The van der Waals surface area contributed by atoms with Crippen LogP contribution in [0.15, 0.2) is 48.7 Å². The molecule has 2 heterocycles. The fraction of sp³-hybridized carbons (Fsp3) is 0.158. The number of esters is 1. The average Bonchev–Trinajstić information content (AvgIpc) is 3.25. The minimum atomic E-state index is -0.463. The van der Waals surface area contributed by atoms with Crippen molar-refractivity contribution in [2.24, 2.45) is 0 Å². The van der Waals surface area contributed by atoms with Crippen LogP contribution in [0, 0.1) is 10.1 Å². The predicted molar refractivity (Wildman–Crippen MR) is 103 cm³/mol. The number of nitro benzene ring substituents is 1. The van der Waals surface area contributed by atoms with Gasteiger partial charge in [0.2, 0.25) is 0 Å². The molecule has 0 saturated heterocycles. The summed E-state index contributed by atoms with van der Waals surface area (Å²) >= 11 is 1.49. The van der Waals surface area contributed by atoms with Gasteiger partial charge in [-0.1, -0.05) is 12.1 Å². The van der Waals surface area contributed by atoms with Crippen molar-refractivity contribution >= 4 is 44.1 Å². The van der Waals surface area contributed by atoms with Crippen LogP contribution in [-0.4, -0.2) is 20.9 Å². The number of carbonyl (C=O) groups excluding carboxylic acids is 1. The Morgan fingerprint density at radius 3 is 2.93 bits per heavy atom. The molecule has 0 bridgehead atoms. The van der Waals surface area contributed by atoms with Crippen LogP contribution in [0.2, 0.25) is 0 Å². The third-order valence-electron chi connectivity index (χ3n) is 4.26. The third kappa shape index (κ3) is 3.39. The highest BCUT2D eigenvalue weighted by molar-refractivity contribution is 7.18. The molecule has 0 saturated carbocycles. The Hall–Kier alpha value is -3.26. The Bertz CT molecular complexity index is 1130. The molecule has 4 aromatic rings. The van der Waals surface area contributed by atoms with Gasteiger partial charge in [0, 0.05) is 29.2 Å². The number of para-hydroxylation sites is 1. The van der Waals surface area contributed by atoms with Crippen LogP contribution in [0.5, 0.6) is 0 Å². The maximum Gasteiger partial charge on any atom is 0.311 e. The zero-order chi connectivity index (χ0) is 19.0. The monoisotopic (exact) mass is 381 g/mol. The Kier molecular flexibility index (Phi) is 4.33. The number of nitrogens with zero attached hydrogens (tertiary/aromatic N) is 2. The molecule has 27 heavy (non-hydrogen) atoms. The van der Waals surface area contributed by atoms with E-state index in [1.54, 1.807) is 19.2 Å². The van der Waals surface area contributed by atoms with E-state index in [4.69, 9.17) is 4.74 Å². The van der Waals surface area contributed by atoms with Crippen molar-refractivity contribution in [3.8, 4) is 0 Å². The second kappa shape index (κ2) is 6.81. The van der Waals surface area contributed by atoms with Gasteiger partial charge < -0.3 is 9.72 Å². The first-order chi connectivity index (χ1) is 13.0. The van der Waals surface area contributed by atoms with Gasteiger partial charge in [-0.3, -0.25) is 14.9 Å². The standard InChI is InChI=1S/C19H15N3O4S/c1-11(19-21-16-4-2-3-5-17(16)27-19)26-18(23)8-12-10-20-15-7-6-13(22(24)25)9-14(12)15/h2-7,9-11,20H,8H2,1H3/t11-/m1/s1. The second-order valence-corrected chi connectivity index (χ2v) is 7.19. The highest BCUT2D eigenvalue weighted by atomic mass is 32.1. The van der Waals surface area contributed by atoms with E-state index in [-0.39, 0.29) is 12.1 Å². The number of non-ortho nitro benzene ring substituents is 1. The zero-order valence-corrected chi connectivity index (χ0v) is 15.2. The molecule has 0 aliphatic heterocycles. The molecule has 1 atom stereocenters. The number of H-pyrrole nitrogens is 1. The summed E-state index contributed by atoms with van der Waals surface area (Å²) in [5.74, 6) is -0.408. The van der Waals surface area contributed by atoms with Crippen molar-refractivity contribution < 1.29 is 14.5 Å². The molecule has 4 rings (SSSR count). The Labute approximate surface area is 157 Å². The fourth-order valence-corrected chi connectivity index (χ4v) is 3.88. The fourth-order valence-electron chi connectivity index (χ4n) is 2.93. The molecule has 136 valence electrons. The maximum absolute atomic E-state index is 12.4. The minimum absolute atomic E-state index is 0.0143. The number of hydrogen-bond donors (Lipinski definition) is 1. The van der Waals surface area contributed by atoms with Crippen molar-refractivity contribution in [2.75, 3.05) is 0 Å². The average molecular weight is 381 g/mol. The van der Waals surface area contributed by atoms with Gasteiger partial charge in [-0.05, 0) is 30.7 Å². The number of benzene rings is 2. The number of nitro groups is 1. The van der Waals surface area contributed by atoms with E-state index in [1.165, 1.54) is 23.5 Å². The van der Waals surface area contributed by atoms with Crippen LogP contribution in [0.4, 0.5) is 5.69 Å². The summed E-state index contributed by atoms with van der Waals surface area (Å²) in [6, 6.07) is 12.3. The molecule has 0 aliphatic carbocycles. The van der Waals surface area contributed by atoms with Gasteiger partial charge in [-0.15, -0.1) is 11.3 Å². The summed E-state index contributed by atoms with van der Waals surface area (Å²) in [5.41, 5.74) is 2.27. The normalized spacial score (nSPS) is 12.3. The molecule has 0 amide bonds. The number of aromatic amines is 1. The number of fused-ring (bicyclic) bond motifs is 2. The van der Waals surface area contributed by atoms with Crippen molar-refractivity contribution in [1.29, 1.82) is 0 Å². The second-order valence-electron chi connectivity index (χ2n) is 6.13. The van der Waals surface area contributed by atoms with E-state index in [0.717, 1.165) is 20.7 Å². The Morgan fingerprint density at radius 2 is 2.15 bits per heavy atom. The molecule has 0 radical (unpaired) electrons. The highest BCUT2D eigenvalue weighted by Gasteiger charge is 2.18. The molecule has 2 aromatic carbocycles. The van der Waals surface area contributed by atoms with E-state index in [1.807, 2.05) is 24.3 Å². The topological polar surface area (TPSA) is 98.1 Å². The van der Waals surface area contributed by atoms with Crippen molar-refractivity contribution in [3.05, 3.63) is 69.3 Å². The molecule has 8 heteroatoms. The summed E-state index contributed by atoms with van der Waals surface area (Å²) in [6.07, 6.45) is 1.24. The van der Waals surface area contributed by atoms with Gasteiger partial charge in [0.1, 0.15) is 5.01 Å². The maximum atomic E-state index is 12.4. The minimum Gasteiger partial charge on any atom is -0.455 e. The van der Waals surface area contributed by atoms with Crippen LogP contribution in [0.1, 0.15) is 23.6 Å². The lowest BCUT2D eigenvalue weighted by Gasteiger charge is -2.10. The Balaban J connectivity index is 1.51. The van der Waals surface area contributed by atoms with Gasteiger partial charge in [0.15, 0.2) is 6.10 Å². The number of carbonyl (C=O) groups is 1. The largest absolute Gasteiger partial charge is 0.455 e. The van der Waals surface area contributed by atoms with Gasteiger partial charge in [-0.25, -0.2) is 4.98 Å². The number of thiazole rings is 1. The van der Waals surface area contributed by atoms with E-state index < -0.39 is 17.0 Å². The van der Waals surface area contributed by atoms with Crippen LogP contribution < -0.4 is 0 Å². The zero-order valence-electron chi connectivity index (χ0n) is 14.3. The molecule has 2 aromatic heterocycles. The van der Waals surface area contributed by atoms with E-state index >= 15 is 0 Å². The van der Waals surface area contributed by atoms with E-state index in [9.17, 15) is 14.9 Å². The quantitative estimate of drug-likeness (QED) is 0.311. The summed E-state index contributed by atoms with van der Waals surface area (Å²) < 4.78 is 6.57. The summed E-state index contributed by atoms with van der Waals surface area (Å²) in [6.45, 7) is 1.79. The SMILES string of the molecule is C[C@@H](OC(=O)Cc1c[nH]c2ccc([N+](=O)[O-])cc12)c1nc2ccccc2s1. The van der Waals surface area contributed by atoms with E-state index in [0.29, 0.717) is 10.9 Å². The third-order valence-corrected chi connectivity index (χ3v) is 5.46. The lowest BCUT2D eigenvalue weighted by Crippen LogP contribution is -2.11. The summed E-state index contributed by atoms with van der Waals surface area (Å²) in [5, 5.41) is 12.4. The van der Waals surface area contributed by atoms with Crippen molar-refractivity contribution in [2.45, 2.75) is 19.4 Å². The number of rotatable bonds is 5. The number of nitrogens with one attached hydrogen (secondary N) is 1. The molecule has 0 fully saturated rings. The highest BCUT2D eigenvalue weighted by Crippen LogP contribution is 2.29. The number of ether oxygens (including phenoxy) is 1. The summed E-state index contributed by atoms with van der Waals surface area (Å²) in [4.78, 5) is 30.4. The molecule has 0 unspecified atom stereocenters. The molecule has 0 spiro atoms. The lowest BCUT2D eigenvalue weighted by atomic mass is 10.1. The molecule has 0 aliphatic rings. The van der Waals surface area contributed by atoms with Crippen LogP contribution >= 0.6 is 11.3 Å². The van der Waals surface area contributed by atoms with Gasteiger partial charge >= 0.3 is 5.97 Å². The van der Waals surface area contributed by atoms with Gasteiger partial charge in [0.05, 0.1) is 21.6 Å². The van der Waals surface area contributed by atoms with E-state index in [2.05, 4.69) is 9.97 Å². The van der Waals surface area contributed by atoms with Crippen LogP contribution in [-0.2, 0) is 16.0 Å². The van der Waals surface area contributed by atoms with Crippen molar-refractivity contribution in [3.63, 3.8) is 0 Å². The van der Waals surface area contributed by atoms with Gasteiger partial charge in [-0.2, -0.15) is 0 Å². The first kappa shape index (κ1) is 17.2. The Morgan fingerprint density at radius 1 is 1.33 bits per heavy atom. The molecular formula is C19H15N3O4S. The predicted octanol–water partition coefficient (Wildman–Crippen LogP) is 4.53. The number of hydrogen-bond acceptors (Lipinski definition) is 6. The van der Waals surface area contributed by atoms with Crippen LogP contribution in [0.25, 0.3) is 21.1 Å². The lowest BCUT2D eigenvalue weighted by molar-refractivity contribution is -0.384. The first-order valence-corrected chi connectivity index (χ1v) is 9.12. The van der Waals surface area contributed by atoms with Gasteiger partial charge in [0.25, 0.3) is 5.69 Å². The smallest absolute Gasteiger partial charge is 0.311 e. The van der Waals surface area contributed by atoms with Crippen molar-refractivity contribution in [1.82, 2.24) is 9.97 Å². The molecule has 1 N–H and O–H groups in total.